The third-order valence-corrected chi connectivity index (χ3v) is 4.08. The van der Waals surface area contributed by atoms with Crippen LogP contribution in [0.3, 0.4) is 0 Å². The van der Waals surface area contributed by atoms with Crippen molar-refractivity contribution in [2.24, 2.45) is 5.92 Å². The standard InChI is InChI=1S/C13H16FNO3S/c1-8(2)13(16)15-11-5-9-3-4-12(19(14,17)18)7-10(9)6-11/h3-4,7-8,11H,5-6H2,1-2H3,(H,15,16). The Labute approximate surface area is 112 Å². The van der Waals surface area contributed by atoms with E-state index in [1.165, 1.54) is 12.1 Å². The molecule has 0 aliphatic heterocycles. The molecule has 1 atom stereocenters. The van der Waals surface area contributed by atoms with E-state index >= 15 is 0 Å². The summed E-state index contributed by atoms with van der Waals surface area (Å²) in [5.74, 6) is -0.123. The molecule has 104 valence electrons. The second-order valence-electron chi connectivity index (χ2n) is 5.14. The van der Waals surface area contributed by atoms with Crippen molar-refractivity contribution < 1.29 is 17.1 Å². The number of fused-ring (bicyclic) bond motifs is 1. The first-order valence-corrected chi connectivity index (χ1v) is 7.52. The summed E-state index contributed by atoms with van der Waals surface area (Å²) in [5, 5.41) is 2.90. The van der Waals surface area contributed by atoms with Crippen LogP contribution in [-0.4, -0.2) is 20.4 Å². The number of carbonyl (C=O) groups is 1. The summed E-state index contributed by atoms with van der Waals surface area (Å²) in [5.41, 5.74) is 1.74. The Kier molecular flexibility index (Phi) is 3.62. The van der Waals surface area contributed by atoms with E-state index in [-0.39, 0.29) is 22.8 Å². The topological polar surface area (TPSA) is 63.2 Å². The molecule has 1 aliphatic carbocycles. The van der Waals surface area contributed by atoms with Crippen LogP contribution in [0.1, 0.15) is 25.0 Å². The van der Waals surface area contributed by atoms with Crippen LogP contribution in [0.4, 0.5) is 3.89 Å². The van der Waals surface area contributed by atoms with Crippen molar-refractivity contribution in [1.82, 2.24) is 5.32 Å². The molecule has 1 unspecified atom stereocenters. The smallest absolute Gasteiger partial charge is 0.332 e. The molecule has 2 rings (SSSR count). The minimum atomic E-state index is -4.67. The predicted molar refractivity (Wildman–Crippen MR) is 68.9 cm³/mol. The normalized spacial score (nSPS) is 18.4. The molecule has 4 nitrogen and oxygen atoms in total. The zero-order valence-corrected chi connectivity index (χ0v) is 11.6. The van der Waals surface area contributed by atoms with E-state index in [1.54, 1.807) is 6.07 Å². The van der Waals surface area contributed by atoms with E-state index in [1.807, 2.05) is 13.8 Å². The van der Waals surface area contributed by atoms with E-state index < -0.39 is 10.2 Å². The number of rotatable bonds is 3. The van der Waals surface area contributed by atoms with Gasteiger partial charge in [0, 0.05) is 12.0 Å². The number of benzene rings is 1. The lowest BCUT2D eigenvalue weighted by molar-refractivity contribution is -0.124. The van der Waals surface area contributed by atoms with Crippen molar-refractivity contribution in [1.29, 1.82) is 0 Å². The Morgan fingerprint density at radius 3 is 2.53 bits per heavy atom. The molecule has 0 fully saturated rings. The second-order valence-corrected chi connectivity index (χ2v) is 6.48. The number of hydrogen-bond acceptors (Lipinski definition) is 3. The van der Waals surface area contributed by atoms with Gasteiger partial charge in [0.05, 0.1) is 4.90 Å². The summed E-state index contributed by atoms with van der Waals surface area (Å²) < 4.78 is 34.6. The predicted octanol–water partition coefficient (Wildman–Crippen LogP) is 1.58. The van der Waals surface area contributed by atoms with Gasteiger partial charge in [0.2, 0.25) is 5.91 Å². The van der Waals surface area contributed by atoms with Gasteiger partial charge in [0.25, 0.3) is 0 Å². The first-order valence-electron chi connectivity index (χ1n) is 6.14. The van der Waals surface area contributed by atoms with Gasteiger partial charge in [-0.15, -0.1) is 3.89 Å². The number of hydrogen-bond donors (Lipinski definition) is 1. The van der Waals surface area contributed by atoms with Crippen LogP contribution in [0.2, 0.25) is 0 Å². The first-order chi connectivity index (χ1) is 8.77. The van der Waals surface area contributed by atoms with Gasteiger partial charge in [-0.05, 0) is 36.1 Å². The Morgan fingerprint density at radius 1 is 1.32 bits per heavy atom. The summed E-state index contributed by atoms with van der Waals surface area (Å²) in [4.78, 5) is 11.3. The molecule has 19 heavy (non-hydrogen) atoms. The van der Waals surface area contributed by atoms with Crippen LogP contribution in [-0.2, 0) is 27.9 Å². The van der Waals surface area contributed by atoms with Crippen molar-refractivity contribution in [3.63, 3.8) is 0 Å². The summed E-state index contributed by atoms with van der Waals surface area (Å²) in [6.07, 6.45) is 1.19. The zero-order valence-electron chi connectivity index (χ0n) is 10.8. The third-order valence-electron chi connectivity index (χ3n) is 3.26. The fourth-order valence-corrected chi connectivity index (χ4v) is 2.73. The molecule has 0 aromatic heterocycles. The molecule has 0 saturated carbocycles. The quantitative estimate of drug-likeness (QED) is 0.858. The highest BCUT2D eigenvalue weighted by molar-refractivity contribution is 7.86. The van der Waals surface area contributed by atoms with Gasteiger partial charge in [0.15, 0.2) is 0 Å². The maximum Gasteiger partial charge on any atom is 0.332 e. The molecule has 1 aromatic carbocycles. The molecule has 1 amide bonds. The fourth-order valence-electron chi connectivity index (χ4n) is 2.22. The number of carbonyl (C=O) groups excluding carboxylic acids is 1. The van der Waals surface area contributed by atoms with Gasteiger partial charge >= 0.3 is 10.2 Å². The van der Waals surface area contributed by atoms with Crippen molar-refractivity contribution in [2.75, 3.05) is 0 Å². The maximum absolute atomic E-state index is 12.9. The molecule has 1 aromatic rings. The summed E-state index contributed by atoms with van der Waals surface area (Å²) >= 11 is 0. The van der Waals surface area contributed by atoms with Gasteiger partial charge in [-0.2, -0.15) is 8.42 Å². The van der Waals surface area contributed by atoms with E-state index in [0.717, 1.165) is 11.1 Å². The van der Waals surface area contributed by atoms with Crippen LogP contribution in [0.15, 0.2) is 23.1 Å². The van der Waals surface area contributed by atoms with Gasteiger partial charge in [-0.25, -0.2) is 0 Å². The Hall–Kier alpha value is -1.43. The van der Waals surface area contributed by atoms with E-state index in [9.17, 15) is 17.1 Å². The van der Waals surface area contributed by atoms with E-state index in [4.69, 9.17) is 0 Å². The van der Waals surface area contributed by atoms with Crippen LogP contribution in [0.25, 0.3) is 0 Å². The average Bonchev–Trinajstić information content (AvgIpc) is 2.68. The van der Waals surface area contributed by atoms with Crippen LogP contribution in [0, 0.1) is 5.92 Å². The zero-order chi connectivity index (χ0) is 14.2. The lowest BCUT2D eigenvalue weighted by atomic mass is 10.1. The van der Waals surface area contributed by atoms with Crippen LogP contribution < -0.4 is 5.32 Å². The number of amides is 1. The highest BCUT2D eigenvalue weighted by Gasteiger charge is 2.25. The van der Waals surface area contributed by atoms with E-state index in [2.05, 4.69) is 5.32 Å². The van der Waals surface area contributed by atoms with Crippen LogP contribution >= 0.6 is 0 Å². The summed E-state index contributed by atoms with van der Waals surface area (Å²) in [6, 6.07) is 4.19. The molecule has 1 N–H and O–H groups in total. The molecule has 0 bridgehead atoms. The average molecular weight is 285 g/mol. The lowest BCUT2D eigenvalue weighted by Gasteiger charge is -2.13. The first kappa shape index (κ1) is 14.0. The lowest BCUT2D eigenvalue weighted by Crippen LogP contribution is -2.37. The second kappa shape index (κ2) is 4.92. The van der Waals surface area contributed by atoms with E-state index in [0.29, 0.717) is 12.8 Å². The fraction of sp³-hybridized carbons (Fsp3) is 0.462. The molecule has 0 heterocycles. The Balaban J connectivity index is 2.15. The number of halogens is 1. The summed E-state index contributed by atoms with van der Waals surface area (Å²) in [7, 11) is -4.67. The Bertz CT molecular complexity index is 610. The highest BCUT2D eigenvalue weighted by Crippen LogP contribution is 2.26. The molecule has 0 saturated heterocycles. The van der Waals surface area contributed by atoms with Gasteiger partial charge < -0.3 is 5.32 Å². The molecular weight excluding hydrogens is 269 g/mol. The van der Waals surface area contributed by atoms with Crippen molar-refractivity contribution in [2.45, 2.75) is 37.6 Å². The largest absolute Gasteiger partial charge is 0.352 e. The third kappa shape index (κ3) is 3.12. The van der Waals surface area contributed by atoms with Crippen molar-refractivity contribution in [3.8, 4) is 0 Å². The minimum absolute atomic E-state index is 0.0313. The molecule has 0 spiro atoms. The number of nitrogens with one attached hydrogen (secondary N) is 1. The molecular formula is C13H16FNO3S. The Morgan fingerprint density at radius 2 is 1.95 bits per heavy atom. The SMILES string of the molecule is CC(C)C(=O)NC1Cc2ccc(S(=O)(=O)F)cc2C1. The maximum atomic E-state index is 12.9. The molecule has 6 heteroatoms. The highest BCUT2D eigenvalue weighted by atomic mass is 32.3. The van der Waals surface area contributed by atoms with Crippen molar-refractivity contribution in [3.05, 3.63) is 29.3 Å². The van der Waals surface area contributed by atoms with Gasteiger partial charge in [-0.3, -0.25) is 4.79 Å². The van der Waals surface area contributed by atoms with Crippen LogP contribution in [0.5, 0.6) is 0 Å². The summed E-state index contributed by atoms with van der Waals surface area (Å²) in [6.45, 7) is 3.62. The monoisotopic (exact) mass is 285 g/mol. The minimum Gasteiger partial charge on any atom is -0.352 e. The van der Waals surface area contributed by atoms with Gasteiger partial charge in [0.1, 0.15) is 0 Å². The molecule has 0 radical (unpaired) electrons. The molecule has 1 aliphatic rings. The van der Waals surface area contributed by atoms with Gasteiger partial charge in [-0.1, -0.05) is 19.9 Å². The van der Waals surface area contributed by atoms with Crippen molar-refractivity contribution >= 4 is 16.1 Å².